The summed E-state index contributed by atoms with van der Waals surface area (Å²) in [4.78, 5) is 42.5. The van der Waals surface area contributed by atoms with Crippen LogP contribution in [0.25, 0.3) is 32.6 Å². The van der Waals surface area contributed by atoms with Crippen LogP contribution in [0.4, 0.5) is 15.3 Å². The van der Waals surface area contributed by atoms with Crippen molar-refractivity contribution in [1.82, 2.24) is 14.4 Å². The van der Waals surface area contributed by atoms with Crippen molar-refractivity contribution in [2.24, 2.45) is 7.05 Å². The fourth-order valence-electron chi connectivity index (χ4n) is 5.31. The minimum absolute atomic E-state index is 0.283. The summed E-state index contributed by atoms with van der Waals surface area (Å²) in [5.41, 5.74) is 1.31. The zero-order valence-corrected chi connectivity index (χ0v) is 24.0. The fourth-order valence-corrected chi connectivity index (χ4v) is 5.31. The Balaban J connectivity index is 1.87. The van der Waals surface area contributed by atoms with Crippen LogP contribution in [-0.2, 0) is 18.2 Å². The first-order valence-corrected chi connectivity index (χ1v) is 13.0. The van der Waals surface area contributed by atoms with Crippen molar-refractivity contribution in [3.8, 4) is 11.5 Å². The molecule has 0 saturated heterocycles. The predicted octanol–water partition coefficient (Wildman–Crippen LogP) is 4.73. The summed E-state index contributed by atoms with van der Waals surface area (Å²) < 4.78 is 19.9. The number of hydrogen-bond donors (Lipinski definition) is 1. The number of carbonyl (C=O) groups is 2. The molecule has 2 heterocycles. The molecule has 0 unspecified atom stereocenters. The van der Waals surface area contributed by atoms with E-state index in [9.17, 15) is 14.4 Å². The van der Waals surface area contributed by atoms with Crippen molar-refractivity contribution in [2.45, 2.75) is 32.0 Å². The third kappa shape index (κ3) is 4.24. The van der Waals surface area contributed by atoms with E-state index in [1.54, 1.807) is 34.3 Å². The van der Waals surface area contributed by atoms with Gasteiger partial charge in [-0.2, -0.15) is 0 Å². The van der Waals surface area contributed by atoms with Gasteiger partial charge in [-0.1, -0.05) is 24.3 Å². The first-order chi connectivity index (χ1) is 18.9. The van der Waals surface area contributed by atoms with Gasteiger partial charge in [-0.3, -0.25) is 4.79 Å². The number of pyridine rings is 1. The van der Waals surface area contributed by atoms with Gasteiger partial charge < -0.3 is 33.9 Å². The number of rotatable bonds is 3. The molecule has 10 heteroatoms. The zero-order chi connectivity index (χ0) is 29.1. The number of aromatic nitrogens is 1. The molecule has 40 heavy (non-hydrogen) atoms. The second-order valence-corrected chi connectivity index (χ2v) is 11.0. The van der Waals surface area contributed by atoms with Crippen LogP contribution in [0.15, 0.2) is 41.2 Å². The molecule has 0 aliphatic carbocycles. The van der Waals surface area contributed by atoms with E-state index in [2.05, 4.69) is 5.32 Å². The van der Waals surface area contributed by atoms with Gasteiger partial charge in [0.05, 0.1) is 34.6 Å². The maximum atomic E-state index is 14.4. The van der Waals surface area contributed by atoms with E-state index in [-0.39, 0.29) is 11.5 Å². The first kappa shape index (κ1) is 27.1. The van der Waals surface area contributed by atoms with Crippen molar-refractivity contribution in [1.29, 1.82) is 0 Å². The number of ether oxygens (including phenoxy) is 3. The summed E-state index contributed by atoms with van der Waals surface area (Å²) in [6.07, 6.45) is -0.752. The molecule has 1 aliphatic rings. The molecule has 0 spiro atoms. The number of aryl methyl sites for hydroxylation is 1. The Hall–Kier alpha value is -4.47. The van der Waals surface area contributed by atoms with Crippen LogP contribution in [-0.4, -0.2) is 73.5 Å². The van der Waals surface area contributed by atoms with Gasteiger partial charge in [0.2, 0.25) is 5.43 Å². The topological polar surface area (TPSA) is 102 Å². The van der Waals surface area contributed by atoms with Crippen molar-refractivity contribution >= 4 is 50.4 Å². The van der Waals surface area contributed by atoms with E-state index >= 15 is 0 Å². The summed E-state index contributed by atoms with van der Waals surface area (Å²) in [5.74, 6) is 0.914. The number of benzene rings is 3. The van der Waals surface area contributed by atoms with Crippen molar-refractivity contribution in [3.63, 3.8) is 0 Å². The Morgan fingerprint density at radius 1 is 1.07 bits per heavy atom. The van der Waals surface area contributed by atoms with Gasteiger partial charge in [0.15, 0.2) is 0 Å². The average Bonchev–Trinajstić information content (AvgIpc) is 2.90. The van der Waals surface area contributed by atoms with Crippen LogP contribution in [0, 0.1) is 0 Å². The highest BCUT2D eigenvalue weighted by Crippen LogP contribution is 2.44. The lowest BCUT2D eigenvalue weighted by atomic mass is 9.88. The van der Waals surface area contributed by atoms with Gasteiger partial charge in [-0.15, -0.1) is 0 Å². The molecule has 1 aliphatic heterocycles. The number of hydrogen-bond acceptors (Lipinski definition) is 6. The first-order valence-electron chi connectivity index (χ1n) is 13.0. The summed E-state index contributed by atoms with van der Waals surface area (Å²) in [6.45, 7) is 3.73. The van der Waals surface area contributed by atoms with Crippen molar-refractivity contribution in [2.75, 3.05) is 40.6 Å². The van der Waals surface area contributed by atoms with E-state index in [0.717, 1.165) is 16.3 Å². The normalized spacial score (nSPS) is 15.8. The average molecular weight is 547 g/mol. The summed E-state index contributed by atoms with van der Waals surface area (Å²) in [6, 6.07) is 10.9. The largest absolute Gasteiger partial charge is 0.496 e. The third-order valence-corrected chi connectivity index (χ3v) is 7.51. The van der Waals surface area contributed by atoms with E-state index in [0.29, 0.717) is 45.4 Å². The number of nitrogens with one attached hydrogen (secondary N) is 1. The Labute approximate surface area is 232 Å². The van der Waals surface area contributed by atoms with E-state index < -0.39 is 17.8 Å². The predicted molar refractivity (Wildman–Crippen MR) is 156 cm³/mol. The molecule has 5 rings (SSSR count). The minimum atomic E-state index is -0.826. The fraction of sp³-hybridized carbons (Fsp3) is 0.367. The van der Waals surface area contributed by atoms with Gasteiger partial charge in [-0.05, 0) is 25.3 Å². The van der Waals surface area contributed by atoms with E-state index in [4.69, 9.17) is 14.2 Å². The zero-order valence-electron chi connectivity index (χ0n) is 24.0. The van der Waals surface area contributed by atoms with Crippen LogP contribution >= 0.6 is 0 Å². The number of amides is 3. The van der Waals surface area contributed by atoms with Crippen LogP contribution in [0.2, 0.25) is 0 Å². The molecule has 1 aromatic heterocycles. The molecule has 0 bridgehead atoms. The second kappa shape index (κ2) is 9.62. The molecular formula is C30H34N4O6. The van der Waals surface area contributed by atoms with E-state index in [1.165, 1.54) is 16.9 Å². The third-order valence-electron chi connectivity index (χ3n) is 7.51. The molecule has 3 aromatic carbocycles. The standard InChI is InChI=1S/C30H34N4O6/c1-30(2)22(39-29(37)33(5)6)14-18-20(40-30)15-21(38-8)24-26(18)34(7)19-13-16-11-9-10-12-17(16)25(23(19)27(24)35)31-28(36)32(3)4/h9-13,15,22H,14H2,1-8H3,(H,31,36)/t22-/m0/s1. The van der Waals surface area contributed by atoms with Gasteiger partial charge >= 0.3 is 12.1 Å². The maximum Gasteiger partial charge on any atom is 0.409 e. The van der Waals surface area contributed by atoms with Crippen molar-refractivity contribution < 1.29 is 23.8 Å². The highest BCUT2D eigenvalue weighted by atomic mass is 16.6. The molecule has 10 nitrogen and oxygen atoms in total. The highest BCUT2D eigenvalue weighted by molar-refractivity contribution is 6.16. The monoisotopic (exact) mass is 546 g/mol. The summed E-state index contributed by atoms with van der Waals surface area (Å²) in [5, 5.41) is 5.30. The molecule has 1 N–H and O–H groups in total. The molecule has 0 saturated carbocycles. The Kier molecular flexibility index (Phi) is 6.52. The Morgan fingerprint density at radius 3 is 2.42 bits per heavy atom. The molecule has 0 fully saturated rings. The number of fused-ring (bicyclic) bond motifs is 5. The molecule has 210 valence electrons. The number of anilines is 1. The quantitative estimate of drug-likeness (QED) is 0.373. The smallest absolute Gasteiger partial charge is 0.409 e. The SMILES string of the molecule is COc1cc2c(c3c1c(=O)c1c(NC(=O)N(C)C)c4ccccc4cc1n3C)C[C@H](OC(=O)N(C)C)C(C)(C)O2. The molecule has 3 amide bonds. The Morgan fingerprint density at radius 2 is 1.77 bits per heavy atom. The van der Waals surface area contributed by atoms with Gasteiger partial charge in [0.25, 0.3) is 0 Å². The molecule has 1 atom stereocenters. The van der Waals surface area contributed by atoms with Gasteiger partial charge in [0, 0.05) is 58.7 Å². The number of carbonyl (C=O) groups excluding carboxylic acids is 2. The number of urea groups is 1. The summed E-state index contributed by atoms with van der Waals surface area (Å²) >= 11 is 0. The van der Waals surface area contributed by atoms with Gasteiger partial charge in [-0.25, -0.2) is 9.59 Å². The van der Waals surface area contributed by atoms with Gasteiger partial charge in [0.1, 0.15) is 23.2 Å². The molecule has 0 radical (unpaired) electrons. The highest BCUT2D eigenvalue weighted by Gasteiger charge is 2.42. The minimum Gasteiger partial charge on any atom is -0.496 e. The lowest BCUT2D eigenvalue weighted by Gasteiger charge is -2.40. The molecule has 4 aromatic rings. The summed E-state index contributed by atoms with van der Waals surface area (Å²) in [7, 11) is 9.92. The Bertz CT molecular complexity index is 1760. The lowest BCUT2D eigenvalue weighted by Crippen LogP contribution is -2.50. The van der Waals surface area contributed by atoms with Crippen molar-refractivity contribution in [3.05, 3.63) is 52.2 Å². The maximum absolute atomic E-state index is 14.4. The van der Waals surface area contributed by atoms with Crippen LogP contribution in [0.5, 0.6) is 11.5 Å². The van der Waals surface area contributed by atoms with Crippen LogP contribution < -0.4 is 20.2 Å². The van der Waals surface area contributed by atoms with Crippen LogP contribution in [0.3, 0.4) is 0 Å². The van der Waals surface area contributed by atoms with Crippen LogP contribution in [0.1, 0.15) is 19.4 Å². The lowest BCUT2D eigenvalue weighted by molar-refractivity contribution is -0.0555. The number of methoxy groups -OCH3 is 1. The van der Waals surface area contributed by atoms with E-state index in [1.807, 2.05) is 55.8 Å². The second-order valence-electron chi connectivity index (χ2n) is 11.0. The number of nitrogens with zero attached hydrogens (tertiary/aromatic N) is 3. The molecular weight excluding hydrogens is 512 g/mol.